The number of hydrogen-bond donors (Lipinski definition) is 1. The second kappa shape index (κ2) is 7.00. The number of nitrogens with zero attached hydrogens (tertiary/aromatic N) is 4. The zero-order valence-corrected chi connectivity index (χ0v) is 16.6. The summed E-state index contributed by atoms with van der Waals surface area (Å²) < 4.78 is 30.2. The molecule has 2 heterocycles. The summed E-state index contributed by atoms with van der Waals surface area (Å²) in [6.45, 7) is 4.48. The van der Waals surface area contributed by atoms with Gasteiger partial charge in [0.25, 0.3) is 0 Å². The van der Waals surface area contributed by atoms with E-state index in [-0.39, 0.29) is 4.90 Å². The lowest BCUT2D eigenvalue weighted by molar-refractivity contribution is 0.549. The molecule has 3 aromatic rings. The molecule has 1 unspecified atom stereocenters. The molecule has 1 aliphatic carbocycles. The SMILES string of the molecule is CCn1c(C(C)NS(=O)(=O)c2ccc(C#N)cc2)nc2cnc(C3CC3)cc21. The summed E-state index contributed by atoms with van der Waals surface area (Å²) in [5, 5.41) is 8.88. The van der Waals surface area contributed by atoms with Gasteiger partial charge in [-0.2, -0.15) is 5.26 Å². The van der Waals surface area contributed by atoms with E-state index in [0.717, 1.165) is 16.7 Å². The van der Waals surface area contributed by atoms with Crippen LogP contribution in [-0.4, -0.2) is 23.0 Å². The number of benzene rings is 1. The molecule has 7 nitrogen and oxygen atoms in total. The van der Waals surface area contributed by atoms with E-state index in [1.165, 1.54) is 37.1 Å². The van der Waals surface area contributed by atoms with Gasteiger partial charge < -0.3 is 4.57 Å². The van der Waals surface area contributed by atoms with Crippen molar-refractivity contribution in [1.82, 2.24) is 19.3 Å². The van der Waals surface area contributed by atoms with Crippen LogP contribution in [0.4, 0.5) is 0 Å². The molecule has 0 bridgehead atoms. The third-order valence-corrected chi connectivity index (χ3v) is 6.57. The van der Waals surface area contributed by atoms with Gasteiger partial charge in [0.1, 0.15) is 11.3 Å². The van der Waals surface area contributed by atoms with Crippen molar-refractivity contribution < 1.29 is 8.42 Å². The molecule has 28 heavy (non-hydrogen) atoms. The van der Waals surface area contributed by atoms with E-state index < -0.39 is 16.1 Å². The van der Waals surface area contributed by atoms with Crippen LogP contribution in [0.2, 0.25) is 0 Å². The van der Waals surface area contributed by atoms with E-state index in [4.69, 9.17) is 5.26 Å². The first-order valence-electron chi connectivity index (χ1n) is 9.31. The Labute approximate surface area is 164 Å². The molecule has 0 aliphatic heterocycles. The van der Waals surface area contributed by atoms with Gasteiger partial charge in [-0.3, -0.25) is 4.98 Å². The number of aromatic nitrogens is 3. The van der Waals surface area contributed by atoms with Crippen molar-refractivity contribution in [3.8, 4) is 6.07 Å². The van der Waals surface area contributed by atoms with Crippen LogP contribution in [0.15, 0.2) is 41.4 Å². The van der Waals surface area contributed by atoms with Gasteiger partial charge in [-0.05, 0) is 57.0 Å². The average molecular weight is 395 g/mol. The molecule has 4 rings (SSSR count). The lowest BCUT2D eigenvalue weighted by Crippen LogP contribution is -2.28. The van der Waals surface area contributed by atoms with E-state index in [1.807, 2.05) is 17.6 Å². The van der Waals surface area contributed by atoms with E-state index in [9.17, 15) is 8.42 Å². The largest absolute Gasteiger partial charge is 0.327 e. The monoisotopic (exact) mass is 395 g/mol. The summed E-state index contributed by atoms with van der Waals surface area (Å²) in [5.74, 6) is 1.20. The molecule has 1 aromatic carbocycles. The van der Waals surface area contributed by atoms with Crippen LogP contribution in [0.25, 0.3) is 11.0 Å². The van der Waals surface area contributed by atoms with E-state index in [0.29, 0.717) is 23.9 Å². The van der Waals surface area contributed by atoms with Crippen LogP contribution in [0.3, 0.4) is 0 Å². The van der Waals surface area contributed by atoms with Crippen molar-refractivity contribution in [2.75, 3.05) is 0 Å². The fraction of sp³-hybridized carbons (Fsp3) is 0.350. The van der Waals surface area contributed by atoms with Gasteiger partial charge >= 0.3 is 0 Å². The quantitative estimate of drug-likeness (QED) is 0.690. The van der Waals surface area contributed by atoms with Gasteiger partial charge in [-0.15, -0.1) is 0 Å². The number of aryl methyl sites for hydroxylation is 1. The van der Waals surface area contributed by atoms with Gasteiger partial charge in [0.2, 0.25) is 10.0 Å². The second-order valence-electron chi connectivity index (χ2n) is 7.07. The van der Waals surface area contributed by atoms with Crippen LogP contribution in [-0.2, 0) is 16.6 Å². The Bertz CT molecular complexity index is 1170. The number of pyridine rings is 1. The van der Waals surface area contributed by atoms with Gasteiger partial charge in [-0.25, -0.2) is 18.1 Å². The predicted octanol–water partition coefficient (Wildman–Crippen LogP) is 3.24. The maximum absolute atomic E-state index is 12.7. The van der Waals surface area contributed by atoms with Gasteiger partial charge in [0.15, 0.2) is 0 Å². The first kappa shape index (κ1) is 18.6. The summed E-state index contributed by atoms with van der Waals surface area (Å²) in [7, 11) is -3.74. The van der Waals surface area contributed by atoms with Crippen molar-refractivity contribution in [3.63, 3.8) is 0 Å². The molecule has 2 aromatic heterocycles. The number of fused-ring (bicyclic) bond motifs is 1. The highest BCUT2D eigenvalue weighted by molar-refractivity contribution is 7.89. The van der Waals surface area contributed by atoms with Gasteiger partial charge in [-0.1, -0.05) is 0 Å². The van der Waals surface area contributed by atoms with E-state index in [1.54, 1.807) is 13.1 Å². The highest BCUT2D eigenvalue weighted by atomic mass is 32.2. The van der Waals surface area contributed by atoms with Crippen molar-refractivity contribution >= 4 is 21.1 Å². The number of nitriles is 1. The summed E-state index contributed by atoms with van der Waals surface area (Å²) in [6, 6.07) is 9.40. The van der Waals surface area contributed by atoms with E-state index >= 15 is 0 Å². The summed E-state index contributed by atoms with van der Waals surface area (Å²) in [4.78, 5) is 9.28. The summed E-state index contributed by atoms with van der Waals surface area (Å²) in [5.41, 5.74) is 3.25. The van der Waals surface area contributed by atoms with Crippen molar-refractivity contribution in [1.29, 1.82) is 5.26 Å². The lowest BCUT2D eigenvalue weighted by atomic mass is 10.2. The fourth-order valence-electron chi connectivity index (χ4n) is 3.39. The third kappa shape index (κ3) is 3.39. The Hall–Kier alpha value is -2.76. The zero-order valence-electron chi connectivity index (χ0n) is 15.8. The molecule has 144 valence electrons. The Kier molecular flexibility index (Phi) is 4.65. The van der Waals surface area contributed by atoms with E-state index in [2.05, 4.69) is 20.8 Å². The summed E-state index contributed by atoms with van der Waals surface area (Å²) >= 11 is 0. The van der Waals surface area contributed by atoms with Crippen LogP contribution in [0.1, 0.15) is 55.7 Å². The Balaban J connectivity index is 1.66. The van der Waals surface area contributed by atoms with Crippen LogP contribution < -0.4 is 4.72 Å². The Morgan fingerprint density at radius 1 is 1.32 bits per heavy atom. The molecular formula is C20H21N5O2S. The topological polar surface area (TPSA) is 101 Å². The second-order valence-corrected chi connectivity index (χ2v) is 8.78. The molecule has 1 N–H and O–H groups in total. The van der Waals surface area contributed by atoms with Crippen molar-refractivity contribution in [2.24, 2.45) is 0 Å². The Morgan fingerprint density at radius 3 is 2.64 bits per heavy atom. The maximum atomic E-state index is 12.7. The molecule has 1 fully saturated rings. The maximum Gasteiger partial charge on any atom is 0.241 e. The highest BCUT2D eigenvalue weighted by Crippen LogP contribution is 2.39. The minimum absolute atomic E-state index is 0.121. The number of imidazole rings is 1. The average Bonchev–Trinajstić information content (AvgIpc) is 3.47. The number of nitrogens with one attached hydrogen (secondary N) is 1. The zero-order chi connectivity index (χ0) is 19.9. The fourth-order valence-corrected chi connectivity index (χ4v) is 4.59. The molecule has 1 saturated carbocycles. The first-order valence-corrected chi connectivity index (χ1v) is 10.8. The third-order valence-electron chi connectivity index (χ3n) is 5.01. The smallest absolute Gasteiger partial charge is 0.241 e. The van der Waals surface area contributed by atoms with Crippen LogP contribution in [0, 0.1) is 11.3 Å². The number of hydrogen-bond acceptors (Lipinski definition) is 5. The minimum atomic E-state index is -3.74. The Morgan fingerprint density at radius 2 is 2.04 bits per heavy atom. The molecule has 1 atom stereocenters. The van der Waals surface area contributed by atoms with Gasteiger partial charge in [0, 0.05) is 18.2 Å². The normalized spacial score (nSPS) is 15.5. The van der Waals surface area contributed by atoms with Crippen LogP contribution >= 0.6 is 0 Å². The number of rotatable bonds is 6. The molecule has 1 aliphatic rings. The van der Waals surface area contributed by atoms with Crippen molar-refractivity contribution in [3.05, 3.63) is 53.6 Å². The number of sulfonamides is 1. The minimum Gasteiger partial charge on any atom is -0.327 e. The first-order chi connectivity index (χ1) is 13.4. The van der Waals surface area contributed by atoms with Crippen LogP contribution in [0.5, 0.6) is 0 Å². The molecular weight excluding hydrogens is 374 g/mol. The molecule has 0 saturated heterocycles. The lowest BCUT2D eigenvalue weighted by Gasteiger charge is -2.15. The standard InChI is InChI=1S/C20H21N5O2S/c1-3-25-19-10-17(15-6-7-15)22-12-18(19)23-20(25)13(2)24-28(26,27)16-8-4-14(11-21)5-9-16/h4-5,8-10,12-13,15,24H,3,6-7H2,1-2H3. The molecule has 0 spiro atoms. The molecule has 0 radical (unpaired) electrons. The van der Waals surface area contributed by atoms with Gasteiger partial charge in [0.05, 0.1) is 34.3 Å². The highest BCUT2D eigenvalue weighted by Gasteiger charge is 2.27. The molecule has 8 heteroatoms. The molecule has 0 amide bonds. The van der Waals surface area contributed by atoms with Crippen molar-refractivity contribution in [2.45, 2.75) is 50.1 Å². The summed E-state index contributed by atoms with van der Waals surface area (Å²) in [6.07, 6.45) is 4.12. The predicted molar refractivity (Wildman–Crippen MR) is 105 cm³/mol.